The van der Waals surface area contributed by atoms with Crippen molar-refractivity contribution >= 4 is 39.2 Å². The Balaban J connectivity index is 2.28. The van der Waals surface area contributed by atoms with Crippen LogP contribution in [0.4, 0.5) is 17.3 Å². The largest absolute Gasteiger partial charge is 0.355 e. The van der Waals surface area contributed by atoms with Crippen molar-refractivity contribution < 1.29 is 9.72 Å². The van der Waals surface area contributed by atoms with Crippen LogP contribution in [0.1, 0.15) is 10.4 Å². The highest BCUT2D eigenvalue weighted by Gasteiger charge is 2.27. The molecule has 0 unspecified atom stereocenters. The fourth-order valence-corrected chi connectivity index (χ4v) is 2.29. The molecule has 1 amide bonds. The van der Waals surface area contributed by atoms with Crippen LogP contribution in [-0.4, -0.2) is 33.9 Å². The number of carbonyl (C=O) groups excluding carboxylic acids is 1. The maximum Gasteiger partial charge on any atom is 0.355 e. The van der Waals surface area contributed by atoms with Crippen LogP contribution in [0.15, 0.2) is 35.1 Å². The molecule has 0 bridgehead atoms. The lowest BCUT2D eigenvalue weighted by Gasteiger charge is -2.17. The van der Waals surface area contributed by atoms with Crippen molar-refractivity contribution in [1.82, 2.24) is 15.4 Å². The van der Waals surface area contributed by atoms with Crippen molar-refractivity contribution in [3.05, 3.63) is 50.7 Å². The summed E-state index contributed by atoms with van der Waals surface area (Å²) in [7, 11) is 0. The second kappa shape index (κ2) is 9.07. The second-order valence-corrected chi connectivity index (χ2v) is 5.83. The molecule has 0 spiro atoms. The molecule has 0 saturated carbocycles. The van der Waals surface area contributed by atoms with E-state index in [0.717, 1.165) is 15.7 Å². The van der Waals surface area contributed by atoms with Crippen LogP contribution in [0.2, 0.25) is 0 Å². The van der Waals surface area contributed by atoms with Gasteiger partial charge in [0.1, 0.15) is 19.4 Å². The number of aromatic nitrogens is 2. The molecule has 27 heavy (non-hydrogen) atoms. The molecule has 1 aromatic heterocycles. The maximum absolute atomic E-state index is 12.1. The third-order valence-electron chi connectivity index (χ3n) is 3.21. The molecule has 0 aliphatic rings. The van der Waals surface area contributed by atoms with Crippen LogP contribution in [0.3, 0.4) is 0 Å². The Bertz CT molecular complexity index is 920. The van der Waals surface area contributed by atoms with Gasteiger partial charge in [-0.1, -0.05) is 15.9 Å². The van der Waals surface area contributed by atoms with Gasteiger partial charge in [0.25, 0.3) is 5.91 Å². The number of hydrogen-bond donors (Lipinski definition) is 2. The number of amides is 1. The fourth-order valence-electron chi connectivity index (χ4n) is 2.03. The summed E-state index contributed by atoms with van der Waals surface area (Å²) in [5, 5.41) is 29.2. The van der Waals surface area contributed by atoms with Crippen LogP contribution in [-0.2, 0) is 0 Å². The van der Waals surface area contributed by atoms with Crippen molar-refractivity contribution in [2.24, 2.45) is 0 Å². The molecule has 0 saturated heterocycles. The van der Waals surface area contributed by atoms with Gasteiger partial charge in [-0.25, -0.2) is 9.97 Å². The van der Waals surface area contributed by atoms with Gasteiger partial charge in [-0.2, -0.15) is 10.5 Å². The molecular formula is C15H11BrN8O3. The predicted octanol–water partition coefficient (Wildman–Crippen LogP) is 1.76. The van der Waals surface area contributed by atoms with Crippen molar-refractivity contribution in [1.29, 1.82) is 10.5 Å². The monoisotopic (exact) mass is 430 g/mol. The zero-order valence-corrected chi connectivity index (χ0v) is 15.2. The number of halogens is 1. The SMILES string of the molecule is N#CCN(CC#N)c1ncnc(NNC(=O)c2ccc(Br)cc2)c1[N+](=O)[O-]. The lowest BCUT2D eigenvalue weighted by Crippen LogP contribution is -2.31. The molecule has 11 nitrogen and oxygen atoms in total. The third-order valence-corrected chi connectivity index (χ3v) is 3.74. The Labute approximate surface area is 161 Å². The van der Waals surface area contributed by atoms with E-state index >= 15 is 0 Å². The number of anilines is 2. The minimum Gasteiger partial charge on any atom is -0.324 e. The Morgan fingerprint density at radius 1 is 1.22 bits per heavy atom. The standard InChI is InChI=1S/C15H11BrN8O3/c16-11-3-1-10(2-4-11)15(25)22-21-13-12(24(26)27)14(20-9-19-13)23(7-5-17)8-6-18/h1-4,9H,7-8H2,(H,22,25)(H,19,20,21). The average Bonchev–Trinajstić information content (AvgIpc) is 2.66. The first-order valence-electron chi connectivity index (χ1n) is 7.28. The van der Waals surface area contributed by atoms with Gasteiger partial charge in [-0.05, 0) is 24.3 Å². The van der Waals surface area contributed by atoms with Gasteiger partial charge >= 0.3 is 5.69 Å². The van der Waals surface area contributed by atoms with Gasteiger partial charge in [0.15, 0.2) is 0 Å². The van der Waals surface area contributed by atoms with Gasteiger partial charge in [0, 0.05) is 10.0 Å². The smallest absolute Gasteiger partial charge is 0.324 e. The first-order chi connectivity index (χ1) is 13.0. The number of rotatable bonds is 7. The summed E-state index contributed by atoms with van der Waals surface area (Å²) in [6.45, 7) is -0.563. The Hall–Kier alpha value is -3.77. The summed E-state index contributed by atoms with van der Waals surface area (Å²) in [6.07, 6.45) is 1.03. The van der Waals surface area contributed by atoms with Crippen LogP contribution in [0.5, 0.6) is 0 Å². The van der Waals surface area contributed by atoms with Gasteiger partial charge in [0.05, 0.1) is 17.1 Å². The van der Waals surface area contributed by atoms with E-state index in [1.54, 1.807) is 24.3 Å². The summed E-state index contributed by atoms with van der Waals surface area (Å²) < 4.78 is 0.790. The zero-order chi connectivity index (χ0) is 19.8. The van der Waals surface area contributed by atoms with Crippen LogP contribution in [0, 0.1) is 32.8 Å². The maximum atomic E-state index is 12.1. The van der Waals surface area contributed by atoms with Crippen LogP contribution < -0.4 is 15.8 Å². The van der Waals surface area contributed by atoms with Crippen molar-refractivity contribution in [3.63, 3.8) is 0 Å². The molecule has 12 heteroatoms. The van der Waals surface area contributed by atoms with E-state index in [2.05, 4.69) is 36.7 Å². The second-order valence-electron chi connectivity index (χ2n) is 4.91. The van der Waals surface area contributed by atoms with Crippen molar-refractivity contribution in [2.45, 2.75) is 0 Å². The van der Waals surface area contributed by atoms with Crippen molar-refractivity contribution in [3.8, 4) is 12.1 Å². The number of benzene rings is 1. The topological polar surface area (TPSA) is 161 Å². The molecule has 0 aliphatic heterocycles. The molecule has 2 N–H and O–H groups in total. The molecule has 2 rings (SSSR count). The highest BCUT2D eigenvalue weighted by molar-refractivity contribution is 9.10. The molecule has 0 radical (unpaired) electrons. The summed E-state index contributed by atoms with van der Waals surface area (Å²) >= 11 is 3.25. The van der Waals surface area contributed by atoms with Gasteiger partial charge in [0.2, 0.25) is 11.6 Å². The summed E-state index contributed by atoms with van der Waals surface area (Å²) in [4.78, 5) is 31.6. The zero-order valence-electron chi connectivity index (χ0n) is 13.6. The number of hydrazine groups is 1. The van der Waals surface area contributed by atoms with Crippen LogP contribution >= 0.6 is 15.9 Å². The highest BCUT2D eigenvalue weighted by Crippen LogP contribution is 2.31. The number of carbonyl (C=O) groups is 1. The summed E-state index contributed by atoms with van der Waals surface area (Å²) in [5.41, 5.74) is 4.45. The molecule has 0 fully saturated rings. The number of nitrogens with zero attached hydrogens (tertiary/aromatic N) is 6. The average molecular weight is 431 g/mol. The number of nitrogens with one attached hydrogen (secondary N) is 2. The first kappa shape index (κ1) is 19.6. The van der Waals surface area contributed by atoms with E-state index in [0.29, 0.717) is 5.56 Å². The van der Waals surface area contributed by atoms with Crippen molar-refractivity contribution in [2.75, 3.05) is 23.4 Å². The predicted molar refractivity (Wildman–Crippen MR) is 97.4 cm³/mol. The lowest BCUT2D eigenvalue weighted by molar-refractivity contribution is -0.383. The van der Waals surface area contributed by atoms with Gasteiger partial charge < -0.3 is 4.90 Å². The van der Waals surface area contributed by atoms with Gasteiger partial charge in [-0.15, -0.1) is 0 Å². The Morgan fingerprint density at radius 2 is 1.85 bits per heavy atom. The number of nitriles is 2. The van der Waals surface area contributed by atoms with E-state index in [1.165, 1.54) is 0 Å². The minimum absolute atomic E-state index is 0.210. The first-order valence-corrected chi connectivity index (χ1v) is 8.07. The van der Waals surface area contributed by atoms with E-state index in [4.69, 9.17) is 10.5 Å². The van der Waals surface area contributed by atoms with Gasteiger partial charge in [-0.3, -0.25) is 25.8 Å². The quantitative estimate of drug-likeness (QED) is 0.378. The van der Waals surface area contributed by atoms with E-state index in [9.17, 15) is 14.9 Å². The number of hydrogen-bond acceptors (Lipinski definition) is 9. The van der Waals surface area contributed by atoms with E-state index < -0.39 is 16.5 Å². The molecule has 1 aromatic carbocycles. The Morgan fingerprint density at radius 3 is 2.41 bits per heavy atom. The molecular weight excluding hydrogens is 420 g/mol. The summed E-state index contributed by atoms with van der Waals surface area (Å²) in [6, 6.07) is 10.1. The minimum atomic E-state index is -0.759. The molecule has 2 aromatic rings. The molecule has 1 heterocycles. The highest BCUT2D eigenvalue weighted by atomic mass is 79.9. The molecule has 0 atom stereocenters. The Kier molecular flexibility index (Phi) is 6.57. The van der Waals surface area contributed by atoms with E-state index in [1.807, 2.05) is 12.1 Å². The van der Waals surface area contributed by atoms with Crippen LogP contribution in [0.25, 0.3) is 0 Å². The molecule has 136 valence electrons. The molecule has 0 aliphatic carbocycles. The number of nitro groups is 1. The normalized spacial score (nSPS) is 9.59. The fraction of sp³-hybridized carbons (Fsp3) is 0.133. The lowest BCUT2D eigenvalue weighted by atomic mass is 10.2. The summed E-state index contributed by atoms with van der Waals surface area (Å²) in [5.74, 6) is -1.03. The van der Waals surface area contributed by atoms with E-state index in [-0.39, 0.29) is 24.7 Å². The third kappa shape index (κ3) is 4.87.